The summed E-state index contributed by atoms with van der Waals surface area (Å²) in [5.74, 6) is 7.14. The van der Waals surface area contributed by atoms with Crippen LogP contribution in [0.25, 0.3) is 77.7 Å². The van der Waals surface area contributed by atoms with Crippen LogP contribution in [0.2, 0.25) is 0 Å². The molecule has 53 heavy (non-hydrogen) atoms. The number of pyridine rings is 2. The summed E-state index contributed by atoms with van der Waals surface area (Å²) in [7, 11) is 0. The first-order valence-corrected chi connectivity index (χ1v) is 18.4. The van der Waals surface area contributed by atoms with E-state index in [1.54, 1.807) is 0 Å². The van der Waals surface area contributed by atoms with Gasteiger partial charge in [-0.1, -0.05) is 135 Å². The third-order valence-electron chi connectivity index (χ3n) is 9.76. The third kappa shape index (κ3) is 7.25. The van der Waals surface area contributed by atoms with Crippen molar-refractivity contribution in [2.24, 2.45) is 5.41 Å². The first kappa shape index (κ1) is 33.8. The highest BCUT2D eigenvalue weighted by Crippen LogP contribution is 2.38. The van der Waals surface area contributed by atoms with Gasteiger partial charge in [0.15, 0.2) is 0 Å². The third-order valence-corrected chi connectivity index (χ3v) is 9.76. The Labute approximate surface area is 313 Å². The molecule has 0 aliphatic heterocycles. The highest BCUT2D eigenvalue weighted by Gasteiger charge is 2.15. The van der Waals surface area contributed by atoms with E-state index in [0.29, 0.717) is 5.92 Å². The lowest BCUT2D eigenvalue weighted by atomic mass is 9.93. The van der Waals surface area contributed by atoms with Gasteiger partial charge in [-0.25, -0.2) is 9.97 Å². The number of fused-ring (bicyclic) bond motifs is 2. The highest BCUT2D eigenvalue weighted by molar-refractivity contribution is 6.02. The van der Waals surface area contributed by atoms with Crippen LogP contribution in [0.5, 0.6) is 0 Å². The van der Waals surface area contributed by atoms with E-state index in [0.717, 1.165) is 72.1 Å². The van der Waals surface area contributed by atoms with E-state index in [-0.39, 0.29) is 5.41 Å². The molecule has 0 radical (unpaired) electrons. The molecule has 2 heterocycles. The molecule has 6 aromatic carbocycles. The maximum absolute atomic E-state index is 5.19. The summed E-state index contributed by atoms with van der Waals surface area (Å²) in [6.07, 6.45) is 0. The van der Waals surface area contributed by atoms with Crippen LogP contribution in [0, 0.1) is 17.3 Å². The lowest BCUT2D eigenvalue weighted by molar-refractivity contribution is 0.571. The zero-order valence-electron chi connectivity index (χ0n) is 31.0. The van der Waals surface area contributed by atoms with E-state index in [9.17, 15) is 0 Å². The Morgan fingerprint density at radius 2 is 0.887 bits per heavy atom. The molecule has 2 heteroatoms. The van der Waals surface area contributed by atoms with Crippen LogP contribution in [0.4, 0.5) is 0 Å². The van der Waals surface area contributed by atoms with Gasteiger partial charge in [-0.05, 0) is 114 Å². The van der Waals surface area contributed by atoms with Gasteiger partial charge in [-0.2, -0.15) is 0 Å². The van der Waals surface area contributed by atoms with Crippen LogP contribution in [0.1, 0.15) is 51.7 Å². The summed E-state index contributed by atoms with van der Waals surface area (Å²) >= 11 is 0. The molecule has 0 fully saturated rings. The lowest BCUT2D eigenvalue weighted by Crippen LogP contribution is -1.99. The molecule has 2 nitrogen and oxygen atoms in total. The van der Waals surface area contributed by atoms with Crippen LogP contribution >= 0.6 is 0 Å². The van der Waals surface area contributed by atoms with Crippen molar-refractivity contribution in [2.45, 2.75) is 40.5 Å². The second kappa shape index (κ2) is 14.0. The largest absolute Gasteiger partial charge is 0.248 e. The summed E-state index contributed by atoms with van der Waals surface area (Å²) in [6, 6.07) is 56.3. The van der Waals surface area contributed by atoms with Gasteiger partial charge in [-0.3, -0.25) is 0 Å². The predicted molar refractivity (Wildman–Crippen MR) is 225 cm³/mol. The van der Waals surface area contributed by atoms with Crippen molar-refractivity contribution < 1.29 is 0 Å². The highest BCUT2D eigenvalue weighted by atomic mass is 14.7. The van der Waals surface area contributed by atoms with Crippen molar-refractivity contribution in [3.63, 3.8) is 0 Å². The molecule has 0 N–H and O–H groups in total. The van der Waals surface area contributed by atoms with Crippen molar-refractivity contribution >= 4 is 21.8 Å². The van der Waals surface area contributed by atoms with E-state index in [4.69, 9.17) is 9.97 Å². The van der Waals surface area contributed by atoms with E-state index in [1.165, 1.54) is 16.7 Å². The maximum Gasteiger partial charge on any atom is 0.0716 e. The molecule has 0 saturated carbocycles. The fourth-order valence-corrected chi connectivity index (χ4v) is 6.84. The Balaban J connectivity index is 1.24. The molecule has 256 valence electrons. The average Bonchev–Trinajstić information content (AvgIpc) is 3.19. The number of hydrogen-bond donors (Lipinski definition) is 0. The molecule has 8 aromatic rings. The first-order valence-electron chi connectivity index (χ1n) is 18.4. The Morgan fingerprint density at radius 1 is 0.453 bits per heavy atom. The second-order valence-corrected chi connectivity index (χ2v) is 15.2. The van der Waals surface area contributed by atoms with Crippen LogP contribution in [0.3, 0.4) is 0 Å². The summed E-state index contributed by atoms with van der Waals surface area (Å²) in [5, 5.41) is 2.25. The smallest absolute Gasteiger partial charge is 0.0716 e. The van der Waals surface area contributed by atoms with E-state index < -0.39 is 0 Å². The van der Waals surface area contributed by atoms with Crippen LogP contribution in [0.15, 0.2) is 158 Å². The zero-order chi connectivity index (χ0) is 36.5. The summed E-state index contributed by atoms with van der Waals surface area (Å²) in [4.78, 5) is 10.4. The molecule has 0 unspecified atom stereocenters. The maximum atomic E-state index is 5.19. The Hall–Kier alpha value is -6.30. The monoisotopic (exact) mass is 682 g/mol. The summed E-state index contributed by atoms with van der Waals surface area (Å²) in [5.41, 5.74) is 15.3. The van der Waals surface area contributed by atoms with Crippen molar-refractivity contribution in [2.75, 3.05) is 0 Å². The molecule has 0 saturated heterocycles. The Kier molecular flexibility index (Phi) is 8.95. The molecule has 0 atom stereocenters. The lowest BCUT2D eigenvalue weighted by Gasteiger charge is -2.14. The van der Waals surface area contributed by atoms with Gasteiger partial charge in [-0.15, -0.1) is 0 Å². The van der Waals surface area contributed by atoms with Crippen molar-refractivity contribution in [3.8, 4) is 67.7 Å². The standard InChI is InChI=1S/C51H42N2/c1-34(2)36-20-22-40(23-21-36)50-33-44(38-14-10-7-11-15-38)46-31-42(25-27-48(46)53-50)41-24-26-47-45(30-41)43(37-12-8-6-9-13-37)32-49(52-47)39-18-16-35(17-19-39)28-29-51(3,4)5/h6-27,30-34H,1-5H3. The fraction of sp³-hybridized carbons (Fsp3) is 0.137. The molecule has 2 aromatic heterocycles. The summed E-state index contributed by atoms with van der Waals surface area (Å²) < 4.78 is 0. The number of rotatable bonds is 6. The number of benzene rings is 6. The molecular formula is C51H42N2. The minimum Gasteiger partial charge on any atom is -0.248 e. The van der Waals surface area contributed by atoms with Gasteiger partial charge < -0.3 is 0 Å². The van der Waals surface area contributed by atoms with E-state index >= 15 is 0 Å². The zero-order valence-corrected chi connectivity index (χ0v) is 31.0. The molecule has 0 spiro atoms. The summed E-state index contributed by atoms with van der Waals surface area (Å²) in [6.45, 7) is 10.8. The minimum absolute atomic E-state index is 0.0418. The molecule has 0 aliphatic rings. The fourth-order valence-electron chi connectivity index (χ4n) is 6.84. The number of aromatic nitrogens is 2. The molecule has 8 rings (SSSR count). The second-order valence-electron chi connectivity index (χ2n) is 15.2. The normalized spacial score (nSPS) is 11.5. The van der Waals surface area contributed by atoms with Crippen molar-refractivity contribution in [1.29, 1.82) is 0 Å². The van der Waals surface area contributed by atoms with E-state index in [1.807, 2.05) is 0 Å². The molecule has 0 bridgehead atoms. The molecule has 0 amide bonds. The minimum atomic E-state index is -0.0418. The van der Waals surface area contributed by atoms with E-state index in [2.05, 4.69) is 204 Å². The van der Waals surface area contributed by atoms with Gasteiger partial charge in [0.25, 0.3) is 0 Å². The Bertz CT molecular complexity index is 2640. The number of hydrogen-bond acceptors (Lipinski definition) is 2. The van der Waals surface area contributed by atoms with Crippen LogP contribution in [-0.2, 0) is 0 Å². The van der Waals surface area contributed by atoms with Crippen molar-refractivity contribution in [1.82, 2.24) is 9.97 Å². The van der Waals surface area contributed by atoms with Gasteiger partial charge in [0.2, 0.25) is 0 Å². The SMILES string of the molecule is CC(C)c1ccc(-c2cc(-c3ccccc3)c3cc(-c4ccc5nc(-c6ccc(C#CC(C)(C)C)cc6)cc(-c6ccccc6)c5c4)ccc3n2)cc1. The van der Waals surface area contributed by atoms with Crippen LogP contribution < -0.4 is 0 Å². The first-order chi connectivity index (χ1) is 25.7. The Morgan fingerprint density at radius 3 is 1.32 bits per heavy atom. The quantitative estimate of drug-likeness (QED) is 0.163. The molecular weight excluding hydrogens is 641 g/mol. The predicted octanol–water partition coefficient (Wildman–Crippen LogP) is 13.6. The van der Waals surface area contributed by atoms with Crippen LogP contribution in [-0.4, -0.2) is 9.97 Å². The topological polar surface area (TPSA) is 25.8 Å². The average molecular weight is 683 g/mol. The van der Waals surface area contributed by atoms with Gasteiger partial charge >= 0.3 is 0 Å². The molecule has 0 aliphatic carbocycles. The van der Waals surface area contributed by atoms with Crippen molar-refractivity contribution in [3.05, 3.63) is 169 Å². The van der Waals surface area contributed by atoms with Gasteiger partial charge in [0, 0.05) is 32.9 Å². The van der Waals surface area contributed by atoms with Gasteiger partial charge in [0.1, 0.15) is 0 Å². The number of nitrogens with zero attached hydrogens (tertiary/aromatic N) is 2. The van der Waals surface area contributed by atoms with Gasteiger partial charge in [0.05, 0.1) is 22.4 Å².